The van der Waals surface area contributed by atoms with Gasteiger partial charge in [0.2, 0.25) is 0 Å². The molecule has 0 saturated heterocycles. The summed E-state index contributed by atoms with van der Waals surface area (Å²) in [7, 11) is 9.64. The lowest BCUT2D eigenvalue weighted by Crippen LogP contribution is -2.32. The zero-order chi connectivity index (χ0) is 30.2. The molecule has 0 saturated carbocycles. The van der Waals surface area contributed by atoms with E-state index in [2.05, 4.69) is 66.0 Å². The van der Waals surface area contributed by atoms with Crippen LogP contribution < -0.4 is 10.6 Å². The summed E-state index contributed by atoms with van der Waals surface area (Å²) in [5.74, 6) is -0.0332. The summed E-state index contributed by atoms with van der Waals surface area (Å²) in [6, 6.07) is 24.7. The number of hydrogen-bond donors (Lipinski definition) is 2. The normalized spacial score (nSPS) is 11.2. The molecule has 4 rings (SSSR count). The zero-order valence-electron chi connectivity index (χ0n) is 25.7. The predicted octanol–water partition coefficient (Wildman–Crippen LogP) is 6.19. The Morgan fingerprint density at radius 1 is 0.780 bits per heavy atom. The molecule has 0 unspecified atom stereocenters. The van der Waals surface area contributed by atoms with Crippen molar-refractivity contribution in [3.63, 3.8) is 0 Å². The number of nitrogens with one attached hydrogen (secondary N) is 2. The van der Waals surface area contributed by atoms with E-state index in [1.807, 2.05) is 64.2 Å². The highest BCUT2D eigenvalue weighted by Gasteiger charge is 2.16. The smallest absolute Gasteiger partial charge is 0.407 e. The molecule has 0 spiro atoms. The second kappa shape index (κ2) is 14.1. The van der Waals surface area contributed by atoms with Crippen LogP contribution in [0.15, 0.2) is 72.8 Å². The van der Waals surface area contributed by atoms with Crippen molar-refractivity contribution in [3.05, 3.63) is 95.1 Å². The van der Waals surface area contributed by atoms with Crippen molar-refractivity contribution >= 4 is 33.5 Å². The Labute approximate surface area is 244 Å². The minimum atomic E-state index is -0.524. The van der Waals surface area contributed by atoms with Gasteiger partial charge in [0.25, 0.3) is 5.91 Å². The molecule has 0 bridgehead atoms. The molecule has 0 radical (unpaired) electrons. The van der Waals surface area contributed by atoms with Crippen molar-refractivity contribution < 1.29 is 14.3 Å². The maximum absolute atomic E-state index is 12.1. The van der Waals surface area contributed by atoms with Crippen LogP contribution in [0.3, 0.4) is 0 Å². The number of benzene rings is 4. The first kappa shape index (κ1) is 31.6. The molecule has 0 aliphatic rings. The van der Waals surface area contributed by atoms with Crippen LogP contribution in [0, 0.1) is 0 Å². The second-order valence-electron chi connectivity index (χ2n) is 11.6. The van der Waals surface area contributed by atoms with E-state index < -0.39 is 11.7 Å². The van der Waals surface area contributed by atoms with Crippen molar-refractivity contribution in [2.75, 3.05) is 35.2 Å². The van der Waals surface area contributed by atoms with Crippen molar-refractivity contribution in [3.8, 4) is 0 Å². The van der Waals surface area contributed by atoms with Gasteiger partial charge in [-0.3, -0.25) is 4.79 Å². The summed E-state index contributed by atoms with van der Waals surface area (Å²) in [6.07, 6.45) is -0.445. The maximum Gasteiger partial charge on any atom is 0.407 e. The Morgan fingerprint density at radius 3 is 1.93 bits per heavy atom. The van der Waals surface area contributed by atoms with Crippen molar-refractivity contribution in [2.45, 2.75) is 46.0 Å². The number of alkyl carbamates (subject to hydrolysis) is 1. The molecule has 0 heterocycles. The molecular formula is C34H44N4O3. The average Bonchev–Trinajstić information content (AvgIpc) is 2.90. The van der Waals surface area contributed by atoms with E-state index in [0.29, 0.717) is 12.1 Å². The Balaban J connectivity index is 0.000000239. The number of carbonyl (C=O) groups excluding carboxylic acids is 2. The van der Waals surface area contributed by atoms with Crippen LogP contribution in [0.2, 0.25) is 0 Å². The molecule has 218 valence electrons. The first-order chi connectivity index (χ1) is 19.4. The van der Waals surface area contributed by atoms with E-state index in [9.17, 15) is 9.59 Å². The molecule has 2 amide bonds. The number of hydrogen-bond acceptors (Lipinski definition) is 5. The highest BCUT2D eigenvalue weighted by Crippen LogP contribution is 2.22. The summed E-state index contributed by atoms with van der Waals surface area (Å²) < 4.78 is 5.25. The van der Waals surface area contributed by atoms with Crippen LogP contribution >= 0.6 is 0 Å². The number of ether oxygens (including phenoxy) is 1. The first-order valence-electron chi connectivity index (χ1n) is 13.9. The molecule has 4 aromatic rings. The van der Waals surface area contributed by atoms with Gasteiger partial charge in [0.05, 0.1) is 0 Å². The maximum atomic E-state index is 12.1. The van der Waals surface area contributed by atoms with Crippen LogP contribution in [-0.4, -0.2) is 62.6 Å². The third-order valence-corrected chi connectivity index (χ3v) is 6.35. The molecule has 0 atom stereocenters. The lowest BCUT2D eigenvalue weighted by Gasteiger charge is -2.20. The fourth-order valence-corrected chi connectivity index (χ4v) is 4.59. The Kier molecular flexibility index (Phi) is 10.9. The molecule has 2 N–H and O–H groups in total. The largest absolute Gasteiger partial charge is 0.444 e. The topological polar surface area (TPSA) is 73.9 Å². The third-order valence-electron chi connectivity index (χ3n) is 6.35. The standard InChI is InChI=1S/C19H24N2O3.C15H20N2/c1-19(2,3)24-18(23)20-12-15-8-6-7-13-11-14(9-10-16(13)15)17(22)21(4)5;1-16-10-14-6-4-5-13-9-12(11-17(2)3)7-8-15(13)14/h6-11H,12H2,1-5H3,(H,20,23);4-9,16H,10-11H2,1-3H3. The number of fused-ring (bicyclic) bond motifs is 2. The van der Waals surface area contributed by atoms with Gasteiger partial charge in [-0.25, -0.2) is 4.79 Å². The summed E-state index contributed by atoms with van der Waals surface area (Å²) >= 11 is 0. The summed E-state index contributed by atoms with van der Waals surface area (Å²) in [5, 5.41) is 10.6. The van der Waals surface area contributed by atoms with E-state index >= 15 is 0 Å². The van der Waals surface area contributed by atoms with Gasteiger partial charge in [-0.2, -0.15) is 0 Å². The fourth-order valence-electron chi connectivity index (χ4n) is 4.59. The average molecular weight is 557 g/mol. The molecule has 0 aliphatic heterocycles. The Bertz CT molecular complexity index is 1490. The van der Waals surface area contributed by atoms with Gasteiger partial charge >= 0.3 is 6.09 Å². The lowest BCUT2D eigenvalue weighted by molar-refractivity contribution is 0.0523. The van der Waals surface area contributed by atoms with Crippen molar-refractivity contribution in [2.24, 2.45) is 0 Å². The summed E-state index contributed by atoms with van der Waals surface area (Å²) in [6.45, 7) is 7.76. The zero-order valence-corrected chi connectivity index (χ0v) is 25.7. The van der Waals surface area contributed by atoms with E-state index in [1.165, 1.54) is 21.9 Å². The van der Waals surface area contributed by atoms with Gasteiger partial charge in [0, 0.05) is 39.3 Å². The Morgan fingerprint density at radius 2 is 1.37 bits per heavy atom. The van der Waals surface area contributed by atoms with Crippen LogP contribution in [0.25, 0.3) is 21.5 Å². The highest BCUT2D eigenvalue weighted by atomic mass is 16.6. The highest BCUT2D eigenvalue weighted by molar-refractivity contribution is 5.99. The predicted molar refractivity (Wildman–Crippen MR) is 169 cm³/mol. The fraction of sp³-hybridized carbons (Fsp3) is 0.353. The van der Waals surface area contributed by atoms with Crippen molar-refractivity contribution in [1.82, 2.24) is 20.4 Å². The van der Waals surface area contributed by atoms with Gasteiger partial charge in [0.1, 0.15) is 5.60 Å². The molecule has 0 fully saturated rings. The van der Waals surface area contributed by atoms with Gasteiger partial charge in [0.15, 0.2) is 0 Å². The number of nitrogens with zero attached hydrogens (tertiary/aromatic N) is 2. The van der Waals surface area contributed by atoms with Gasteiger partial charge in [-0.15, -0.1) is 0 Å². The minimum absolute atomic E-state index is 0.0332. The monoisotopic (exact) mass is 556 g/mol. The quantitative estimate of drug-likeness (QED) is 0.284. The van der Waals surface area contributed by atoms with Crippen LogP contribution in [0.5, 0.6) is 0 Å². The minimum Gasteiger partial charge on any atom is -0.444 e. The first-order valence-corrected chi connectivity index (χ1v) is 13.9. The van der Waals surface area contributed by atoms with E-state index in [1.54, 1.807) is 19.0 Å². The van der Waals surface area contributed by atoms with Crippen LogP contribution in [0.4, 0.5) is 4.79 Å². The molecule has 41 heavy (non-hydrogen) atoms. The van der Waals surface area contributed by atoms with Gasteiger partial charge in [-0.05, 0) is 98.3 Å². The van der Waals surface area contributed by atoms with E-state index in [0.717, 1.165) is 29.4 Å². The van der Waals surface area contributed by atoms with Crippen LogP contribution in [-0.2, 0) is 24.4 Å². The molecule has 0 aromatic heterocycles. The number of rotatable bonds is 7. The van der Waals surface area contributed by atoms with Gasteiger partial charge in [-0.1, -0.05) is 54.6 Å². The van der Waals surface area contributed by atoms with Crippen LogP contribution in [0.1, 0.15) is 47.8 Å². The second-order valence-corrected chi connectivity index (χ2v) is 11.6. The van der Waals surface area contributed by atoms with E-state index in [-0.39, 0.29) is 5.91 Å². The van der Waals surface area contributed by atoms with Crippen molar-refractivity contribution in [1.29, 1.82) is 0 Å². The SMILES string of the molecule is CN(C)C(=O)c1ccc2c(CNC(=O)OC(C)(C)C)cccc2c1.CNCc1cccc2cc(CN(C)C)ccc12. The number of amides is 2. The molecule has 7 heteroatoms. The lowest BCUT2D eigenvalue weighted by atomic mass is 10.0. The molecule has 4 aromatic carbocycles. The molecular weight excluding hydrogens is 512 g/mol. The van der Waals surface area contributed by atoms with E-state index in [4.69, 9.17) is 4.74 Å². The molecule has 0 aliphatic carbocycles. The third kappa shape index (κ3) is 9.30. The summed E-state index contributed by atoms with van der Waals surface area (Å²) in [5.41, 5.74) is 3.82. The number of carbonyl (C=O) groups is 2. The van der Waals surface area contributed by atoms with Gasteiger partial charge < -0.3 is 25.2 Å². The molecule has 7 nitrogen and oxygen atoms in total. The Hall–Kier alpha value is -3.94. The summed E-state index contributed by atoms with van der Waals surface area (Å²) in [4.78, 5) is 27.6.